The highest BCUT2D eigenvalue weighted by Gasteiger charge is 2.16. The lowest BCUT2D eigenvalue weighted by molar-refractivity contribution is -0.674. The van der Waals surface area contributed by atoms with Gasteiger partial charge in [-0.05, 0) is 24.3 Å². The molecule has 2 heterocycles. The Morgan fingerprint density at radius 2 is 1.15 bits per heavy atom. The zero-order valence-electron chi connectivity index (χ0n) is 15.1. The van der Waals surface area contributed by atoms with Crippen molar-refractivity contribution in [3.8, 4) is 11.5 Å². The first-order chi connectivity index (χ1) is 12.6. The zero-order valence-corrected chi connectivity index (χ0v) is 15.1. The summed E-state index contributed by atoms with van der Waals surface area (Å²) >= 11 is 0. The minimum Gasteiger partial charge on any atom is -0.496 e. The molecule has 0 aliphatic carbocycles. The summed E-state index contributed by atoms with van der Waals surface area (Å²) in [5.74, 6) is 2.94. The molecule has 26 heavy (non-hydrogen) atoms. The van der Waals surface area contributed by atoms with E-state index in [1.54, 1.807) is 14.2 Å². The van der Waals surface area contributed by atoms with Gasteiger partial charge in [0.05, 0.1) is 26.6 Å². The minimum atomic E-state index is 0.590. The first kappa shape index (κ1) is 17.5. The van der Waals surface area contributed by atoms with Crippen LogP contribution in [0.1, 0.15) is 11.1 Å². The van der Waals surface area contributed by atoms with Crippen LogP contribution in [0.25, 0.3) is 0 Å². The van der Waals surface area contributed by atoms with Crippen LogP contribution in [0.3, 0.4) is 0 Å². The Hall–Kier alpha value is -3.28. The van der Waals surface area contributed by atoms with Crippen molar-refractivity contribution in [2.45, 2.75) is 13.1 Å². The maximum absolute atomic E-state index is 6.05. The van der Waals surface area contributed by atoms with Crippen molar-refractivity contribution in [2.24, 2.45) is 0 Å². The standard InChI is InChI=1S/C20H22N4O2/c1-25-17-11-16(14-24-10-6-4-8-20(24)22)18(26-2)12-15(17)13-23-9-5-3-7-19(23)21/h3-12,21-22H,13-14H2,1-2H3/p+2. The highest BCUT2D eigenvalue weighted by atomic mass is 16.5. The fourth-order valence-corrected chi connectivity index (χ4v) is 2.91. The fraction of sp³-hybridized carbons (Fsp3) is 0.200. The number of hydrogen-bond donors (Lipinski definition) is 2. The van der Waals surface area contributed by atoms with Crippen LogP contribution in [0, 0.1) is 0 Å². The second-order valence-electron chi connectivity index (χ2n) is 5.98. The first-order valence-corrected chi connectivity index (χ1v) is 8.34. The van der Waals surface area contributed by atoms with Gasteiger partial charge in [-0.15, -0.1) is 0 Å². The molecular weight excluding hydrogens is 328 g/mol. The van der Waals surface area contributed by atoms with Gasteiger partial charge in [0.1, 0.15) is 24.6 Å². The molecule has 0 saturated carbocycles. The Kier molecular flexibility index (Phi) is 5.22. The maximum Gasteiger partial charge on any atom is 0.272 e. The summed E-state index contributed by atoms with van der Waals surface area (Å²) < 4.78 is 15.1. The van der Waals surface area contributed by atoms with Crippen LogP contribution in [0.4, 0.5) is 11.6 Å². The molecule has 0 amide bonds. The maximum atomic E-state index is 6.05. The lowest BCUT2D eigenvalue weighted by atomic mass is 10.1. The second-order valence-corrected chi connectivity index (χ2v) is 5.98. The Morgan fingerprint density at radius 1 is 0.731 bits per heavy atom. The van der Waals surface area contributed by atoms with E-state index in [1.807, 2.05) is 70.1 Å². The number of aromatic nitrogens is 2. The van der Waals surface area contributed by atoms with Gasteiger partial charge >= 0.3 is 0 Å². The average molecular weight is 352 g/mol. The van der Waals surface area contributed by atoms with Gasteiger partial charge in [-0.2, -0.15) is 0 Å². The molecule has 6 nitrogen and oxygen atoms in total. The summed E-state index contributed by atoms with van der Waals surface area (Å²) in [6.45, 7) is 1.18. The smallest absolute Gasteiger partial charge is 0.272 e. The lowest BCUT2D eigenvalue weighted by Crippen LogP contribution is -2.38. The third kappa shape index (κ3) is 3.69. The second kappa shape index (κ2) is 7.74. The third-order valence-corrected chi connectivity index (χ3v) is 4.32. The van der Waals surface area contributed by atoms with Gasteiger partial charge in [0.25, 0.3) is 11.6 Å². The molecule has 0 fully saturated rings. The van der Waals surface area contributed by atoms with Gasteiger partial charge in [0.15, 0.2) is 0 Å². The number of anilines is 2. The van der Waals surface area contributed by atoms with Crippen LogP contribution < -0.4 is 30.1 Å². The largest absolute Gasteiger partial charge is 0.496 e. The Morgan fingerprint density at radius 3 is 1.50 bits per heavy atom. The molecule has 0 bridgehead atoms. The summed E-state index contributed by atoms with van der Waals surface area (Å²) in [5, 5.41) is 0. The average Bonchev–Trinajstić information content (AvgIpc) is 2.66. The number of pyridine rings is 2. The molecule has 6 heteroatoms. The first-order valence-electron chi connectivity index (χ1n) is 8.34. The highest BCUT2D eigenvalue weighted by Crippen LogP contribution is 2.29. The number of benzene rings is 1. The molecular formula is C20H24N4O2+2. The number of rotatable bonds is 6. The Labute approximate surface area is 153 Å². The molecule has 134 valence electrons. The number of ether oxygens (including phenoxy) is 2. The third-order valence-electron chi connectivity index (χ3n) is 4.32. The van der Waals surface area contributed by atoms with Gasteiger partial charge in [-0.1, -0.05) is 12.1 Å². The molecule has 0 aliphatic heterocycles. The minimum absolute atomic E-state index is 0.590. The van der Waals surface area contributed by atoms with Crippen molar-refractivity contribution < 1.29 is 18.6 Å². The number of nitrogens with two attached hydrogens (primary N) is 2. The van der Waals surface area contributed by atoms with Crippen molar-refractivity contribution in [3.05, 3.63) is 72.1 Å². The molecule has 0 unspecified atom stereocenters. The van der Waals surface area contributed by atoms with Gasteiger partial charge in [-0.3, -0.25) is 11.5 Å². The molecule has 3 rings (SSSR count). The van der Waals surface area contributed by atoms with Crippen LogP contribution in [0.2, 0.25) is 0 Å². The highest BCUT2D eigenvalue weighted by molar-refractivity contribution is 5.46. The molecule has 0 spiro atoms. The summed E-state index contributed by atoms with van der Waals surface area (Å²) in [6, 6.07) is 15.4. The summed E-state index contributed by atoms with van der Waals surface area (Å²) in [4.78, 5) is 0. The van der Waals surface area contributed by atoms with Crippen LogP contribution in [0.15, 0.2) is 60.9 Å². The molecule has 4 N–H and O–H groups in total. The molecule has 1 aromatic carbocycles. The van der Waals surface area contributed by atoms with E-state index in [9.17, 15) is 0 Å². The van der Waals surface area contributed by atoms with Crippen molar-refractivity contribution in [2.75, 3.05) is 25.7 Å². The van der Waals surface area contributed by atoms with Crippen molar-refractivity contribution in [1.82, 2.24) is 0 Å². The molecule has 0 atom stereocenters. The van der Waals surface area contributed by atoms with Gasteiger partial charge in [0.2, 0.25) is 0 Å². The van der Waals surface area contributed by atoms with E-state index in [0.717, 1.165) is 22.6 Å². The van der Waals surface area contributed by atoms with Crippen LogP contribution >= 0.6 is 0 Å². The number of methoxy groups -OCH3 is 2. The summed E-state index contributed by atoms with van der Waals surface area (Å²) in [6.07, 6.45) is 3.88. The van der Waals surface area contributed by atoms with E-state index in [-0.39, 0.29) is 0 Å². The van der Waals surface area contributed by atoms with E-state index in [2.05, 4.69) is 0 Å². The lowest BCUT2D eigenvalue weighted by Gasteiger charge is -2.15. The van der Waals surface area contributed by atoms with Crippen LogP contribution in [-0.4, -0.2) is 14.2 Å². The van der Waals surface area contributed by atoms with Crippen molar-refractivity contribution in [1.29, 1.82) is 0 Å². The Bertz CT molecular complexity index is 837. The quantitative estimate of drug-likeness (QED) is 0.660. The fourth-order valence-electron chi connectivity index (χ4n) is 2.91. The van der Waals surface area contributed by atoms with Crippen molar-refractivity contribution >= 4 is 11.6 Å². The number of hydrogen-bond acceptors (Lipinski definition) is 4. The zero-order chi connectivity index (χ0) is 18.5. The molecule has 0 saturated heterocycles. The van der Waals surface area contributed by atoms with E-state index in [4.69, 9.17) is 20.9 Å². The van der Waals surface area contributed by atoms with Gasteiger partial charge < -0.3 is 9.47 Å². The molecule has 3 aromatic rings. The topological polar surface area (TPSA) is 78.3 Å². The summed E-state index contributed by atoms with van der Waals surface area (Å²) in [5.41, 5.74) is 14.1. The molecule has 2 aromatic heterocycles. The number of nitrogens with zero attached hydrogens (tertiary/aromatic N) is 2. The van der Waals surface area contributed by atoms with Crippen LogP contribution in [-0.2, 0) is 13.1 Å². The van der Waals surface area contributed by atoms with E-state index < -0.39 is 0 Å². The predicted molar refractivity (Wildman–Crippen MR) is 99.8 cm³/mol. The number of nitrogen functional groups attached to an aromatic ring is 2. The van der Waals surface area contributed by atoms with E-state index in [1.165, 1.54) is 0 Å². The SMILES string of the molecule is COc1cc(C[n+]2ccccc2N)c(OC)cc1C[n+]1ccccc1N. The van der Waals surface area contributed by atoms with E-state index in [0.29, 0.717) is 24.7 Å². The normalized spacial score (nSPS) is 10.5. The van der Waals surface area contributed by atoms with Gasteiger partial charge in [0, 0.05) is 23.3 Å². The molecule has 0 radical (unpaired) electrons. The Balaban J connectivity index is 1.98. The predicted octanol–water partition coefficient (Wildman–Crippen LogP) is 1.54. The molecule has 0 aliphatic rings. The monoisotopic (exact) mass is 352 g/mol. The van der Waals surface area contributed by atoms with Crippen molar-refractivity contribution in [3.63, 3.8) is 0 Å². The van der Waals surface area contributed by atoms with Crippen LogP contribution in [0.5, 0.6) is 11.5 Å². The van der Waals surface area contributed by atoms with Gasteiger partial charge in [-0.25, -0.2) is 9.13 Å². The van der Waals surface area contributed by atoms with E-state index >= 15 is 0 Å². The summed E-state index contributed by atoms with van der Waals surface area (Å²) in [7, 11) is 3.33.